The summed E-state index contributed by atoms with van der Waals surface area (Å²) in [4.78, 5) is 4.40. The smallest absolute Gasteiger partial charge is 0.0951 e. The van der Waals surface area contributed by atoms with Crippen LogP contribution in [0.15, 0.2) is 36.8 Å². The fraction of sp³-hybridized carbons (Fsp3) is 0.500. The van der Waals surface area contributed by atoms with Crippen LogP contribution in [-0.2, 0) is 13.0 Å². The lowest BCUT2D eigenvalue weighted by atomic mass is 9.97. The van der Waals surface area contributed by atoms with Gasteiger partial charge in [0, 0.05) is 24.8 Å². The van der Waals surface area contributed by atoms with Gasteiger partial charge in [-0.05, 0) is 43.7 Å². The van der Waals surface area contributed by atoms with E-state index in [2.05, 4.69) is 53.0 Å². The number of aromatic nitrogens is 2. The molecule has 3 rings (SSSR count). The maximum absolute atomic E-state index is 4.40. The Morgan fingerprint density at radius 3 is 2.81 bits per heavy atom. The maximum atomic E-state index is 4.40. The molecule has 3 heteroatoms. The normalized spacial score (nSPS) is 22.4. The molecule has 0 amide bonds. The minimum absolute atomic E-state index is 0.449. The summed E-state index contributed by atoms with van der Waals surface area (Å²) in [6, 6.07) is 9.78. The summed E-state index contributed by atoms with van der Waals surface area (Å²) in [7, 11) is 0. The van der Waals surface area contributed by atoms with Gasteiger partial charge in [0.25, 0.3) is 0 Å². The van der Waals surface area contributed by atoms with Gasteiger partial charge in [-0.2, -0.15) is 0 Å². The minimum atomic E-state index is 0.449. The van der Waals surface area contributed by atoms with Gasteiger partial charge in [-0.3, -0.25) is 0 Å². The Labute approximate surface area is 127 Å². The second-order valence-electron chi connectivity index (χ2n) is 6.12. The van der Waals surface area contributed by atoms with E-state index >= 15 is 0 Å². The number of benzene rings is 1. The molecule has 0 aliphatic carbocycles. The first kappa shape index (κ1) is 14.3. The molecule has 1 aromatic carbocycles. The Bertz CT molecular complexity index is 588. The lowest BCUT2D eigenvalue weighted by Crippen LogP contribution is -2.35. The van der Waals surface area contributed by atoms with E-state index in [-0.39, 0.29) is 0 Å². The summed E-state index contributed by atoms with van der Waals surface area (Å²) in [5.41, 5.74) is 4.16. The van der Waals surface area contributed by atoms with Crippen molar-refractivity contribution >= 4 is 0 Å². The van der Waals surface area contributed by atoms with Gasteiger partial charge in [-0.15, -0.1) is 0 Å². The number of piperidine rings is 1. The highest BCUT2D eigenvalue weighted by Gasteiger charge is 2.22. The van der Waals surface area contributed by atoms with Gasteiger partial charge in [0.2, 0.25) is 0 Å². The molecule has 0 saturated carbocycles. The third kappa shape index (κ3) is 3.18. The number of hydrogen-bond acceptors (Lipinski definition) is 2. The van der Waals surface area contributed by atoms with Gasteiger partial charge in [-0.1, -0.05) is 31.2 Å². The summed E-state index contributed by atoms with van der Waals surface area (Å²) in [6.07, 6.45) is 8.89. The summed E-state index contributed by atoms with van der Waals surface area (Å²) in [5, 5.41) is 3.71. The zero-order valence-electron chi connectivity index (χ0n) is 13.0. The SMILES string of the molecule is CCc1ccccc1Cn1cncc1C1CCCC(C)N1. The van der Waals surface area contributed by atoms with E-state index in [1.807, 2.05) is 12.5 Å². The highest BCUT2D eigenvalue weighted by atomic mass is 15.1. The summed E-state index contributed by atoms with van der Waals surface area (Å²) < 4.78 is 2.31. The van der Waals surface area contributed by atoms with Crippen LogP contribution in [0.25, 0.3) is 0 Å². The Morgan fingerprint density at radius 1 is 1.24 bits per heavy atom. The van der Waals surface area contributed by atoms with Crippen molar-refractivity contribution in [1.29, 1.82) is 0 Å². The lowest BCUT2D eigenvalue weighted by Gasteiger charge is -2.29. The molecule has 2 aromatic rings. The largest absolute Gasteiger partial charge is 0.329 e. The van der Waals surface area contributed by atoms with E-state index in [1.54, 1.807) is 0 Å². The molecule has 2 unspecified atom stereocenters. The van der Waals surface area contributed by atoms with Crippen molar-refractivity contribution in [2.24, 2.45) is 0 Å². The number of hydrogen-bond donors (Lipinski definition) is 1. The van der Waals surface area contributed by atoms with Crippen LogP contribution >= 0.6 is 0 Å². The van der Waals surface area contributed by atoms with Crippen molar-refractivity contribution in [2.45, 2.75) is 58.2 Å². The zero-order chi connectivity index (χ0) is 14.7. The summed E-state index contributed by atoms with van der Waals surface area (Å²) in [6.45, 7) is 5.42. The predicted molar refractivity (Wildman–Crippen MR) is 86.3 cm³/mol. The highest BCUT2D eigenvalue weighted by molar-refractivity contribution is 5.28. The van der Waals surface area contributed by atoms with Gasteiger partial charge in [0.1, 0.15) is 0 Å². The third-order valence-corrected chi connectivity index (χ3v) is 4.56. The summed E-state index contributed by atoms with van der Waals surface area (Å²) >= 11 is 0. The van der Waals surface area contributed by atoms with E-state index in [4.69, 9.17) is 0 Å². The van der Waals surface area contributed by atoms with Crippen molar-refractivity contribution < 1.29 is 0 Å². The van der Waals surface area contributed by atoms with E-state index in [0.717, 1.165) is 13.0 Å². The molecule has 1 saturated heterocycles. The third-order valence-electron chi connectivity index (χ3n) is 4.56. The lowest BCUT2D eigenvalue weighted by molar-refractivity contribution is 0.330. The predicted octanol–water partition coefficient (Wildman–Crippen LogP) is 3.70. The molecule has 2 heterocycles. The molecule has 1 aromatic heterocycles. The molecule has 0 spiro atoms. The molecule has 112 valence electrons. The van der Waals surface area contributed by atoms with Crippen molar-refractivity contribution in [1.82, 2.24) is 14.9 Å². The van der Waals surface area contributed by atoms with Crippen LogP contribution in [0.5, 0.6) is 0 Å². The average molecular weight is 283 g/mol. The van der Waals surface area contributed by atoms with Gasteiger partial charge in [0.05, 0.1) is 12.0 Å². The minimum Gasteiger partial charge on any atom is -0.329 e. The highest BCUT2D eigenvalue weighted by Crippen LogP contribution is 2.26. The fourth-order valence-corrected chi connectivity index (χ4v) is 3.36. The van der Waals surface area contributed by atoms with Crippen LogP contribution in [0, 0.1) is 0 Å². The van der Waals surface area contributed by atoms with Gasteiger partial charge < -0.3 is 9.88 Å². The standard InChI is InChI=1S/C18H25N3/c1-3-15-8-4-5-9-16(15)12-21-13-19-11-18(21)17-10-6-7-14(2)20-17/h4-5,8-9,11,13-14,17,20H,3,6-7,10,12H2,1-2H3. The molecule has 21 heavy (non-hydrogen) atoms. The monoisotopic (exact) mass is 283 g/mol. The number of nitrogens with zero attached hydrogens (tertiary/aromatic N) is 2. The molecular weight excluding hydrogens is 258 g/mol. The first-order chi connectivity index (χ1) is 10.3. The average Bonchev–Trinajstić information content (AvgIpc) is 2.96. The number of rotatable bonds is 4. The molecule has 0 bridgehead atoms. The molecule has 3 nitrogen and oxygen atoms in total. The molecule has 0 radical (unpaired) electrons. The Kier molecular flexibility index (Phi) is 4.39. The van der Waals surface area contributed by atoms with Crippen LogP contribution in [-0.4, -0.2) is 15.6 Å². The maximum Gasteiger partial charge on any atom is 0.0951 e. The number of nitrogens with one attached hydrogen (secondary N) is 1. The van der Waals surface area contributed by atoms with Crippen LogP contribution in [0.2, 0.25) is 0 Å². The first-order valence-corrected chi connectivity index (χ1v) is 8.10. The van der Waals surface area contributed by atoms with E-state index in [1.165, 1.54) is 36.1 Å². The van der Waals surface area contributed by atoms with E-state index in [0.29, 0.717) is 12.1 Å². The Morgan fingerprint density at radius 2 is 2.05 bits per heavy atom. The topological polar surface area (TPSA) is 29.9 Å². The molecule has 1 fully saturated rings. The molecule has 1 aliphatic rings. The van der Waals surface area contributed by atoms with Crippen LogP contribution in [0.1, 0.15) is 56.0 Å². The van der Waals surface area contributed by atoms with Gasteiger partial charge in [-0.25, -0.2) is 4.98 Å². The van der Waals surface area contributed by atoms with Crippen LogP contribution < -0.4 is 5.32 Å². The quantitative estimate of drug-likeness (QED) is 0.927. The van der Waals surface area contributed by atoms with Crippen molar-refractivity contribution in [3.8, 4) is 0 Å². The first-order valence-electron chi connectivity index (χ1n) is 8.10. The van der Waals surface area contributed by atoms with E-state index in [9.17, 15) is 0 Å². The second kappa shape index (κ2) is 6.44. The molecule has 1 aliphatic heterocycles. The number of aryl methyl sites for hydroxylation is 1. The molecule has 1 N–H and O–H groups in total. The van der Waals surface area contributed by atoms with Crippen molar-refractivity contribution in [3.63, 3.8) is 0 Å². The van der Waals surface area contributed by atoms with E-state index < -0.39 is 0 Å². The van der Waals surface area contributed by atoms with Gasteiger partial charge in [0.15, 0.2) is 0 Å². The van der Waals surface area contributed by atoms with Gasteiger partial charge >= 0.3 is 0 Å². The zero-order valence-corrected chi connectivity index (χ0v) is 13.0. The second-order valence-corrected chi connectivity index (χ2v) is 6.12. The summed E-state index contributed by atoms with van der Waals surface area (Å²) in [5.74, 6) is 0. The molecular formula is C18H25N3. The Balaban J connectivity index is 1.82. The fourth-order valence-electron chi connectivity index (χ4n) is 3.36. The van der Waals surface area contributed by atoms with Crippen LogP contribution in [0.4, 0.5) is 0 Å². The van der Waals surface area contributed by atoms with Crippen molar-refractivity contribution in [2.75, 3.05) is 0 Å². The molecule has 2 atom stereocenters. The van der Waals surface area contributed by atoms with Crippen LogP contribution in [0.3, 0.4) is 0 Å². The Hall–Kier alpha value is -1.61. The number of imidazole rings is 1. The van der Waals surface area contributed by atoms with Crippen molar-refractivity contribution in [3.05, 3.63) is 53.6 Å².